The van der Waals surface area contributed by atoms with Gasteiger partial charge in [0.2, 0.25) is 0 Å². The SMILES string of the molecule is N#Cc1cc2c(N3CCCC(CNCCCN)C3)ncnc2cc1F. The molecule has 1 aliphatic rings. The molecule has 3 N–H and O–H groups in total. The lowest BCUT2D eigenvalue weighted by Crippen LogP contribution is -2.40. The van der Waals surface area contributed by atoms with Crippen molar-refractivity contribution in [2.45, 2.75) is 19.3 Å². The number of nitrogens with two attached hydrogens (primary N) is 1. The largest absolute Gasteiger partial charge is 0.356 e. The van der Waals surface area contributed by atoms with Gasteiger partial charge in [-0.05, 0) is 50.9 Å². The first kappa shape index (κ1) is 17.5. The quantitative estimate of drug-likeness (QED) is 0.778. The Hall–Kier alpha value is -2.30. The van der Waals surface area contributed by atoms with Crippen LogP contribution in [0.3, 0.4) is 0 Å². The van der Waals surface area contributed by atoms with Crippen molar-refractivity contribution in [2.24, 2.45) is 11.7 Å². The van der Waals surface area contributed by atoms with Crippen molar-refractivity contribution in [1.82, 2.24) is 15.3 Å². The summed E-state index contributed by atoms with van der Waals surface area (Å²) in [5.41, 5.74) is 6.08. The molecule has 3 rings (SSSR count). The minimum absolute atomic E-state index is 0.0283. The van der Waals surface area contributed by atoms with Crippen LogP contribution in [0, 0.1) is 23.1 Å². The molecule has 2 aromatic rings. The number of rotatable bonds is 6. The molecule has 25 heavy (non-hydrogen) atoms. The van der Waals surface area contributed by atoms with Crippen molar-refractivity contribution < 1.29 is 4.39 Å². The molecule has 1 fully saturated rings. The molecule has 1 aromatic carbocycles. The van der Waals surface area contributed by atoms with E-state index in [-0.39, 0.29) is 5.56 Å². The van der Waals surface area contributed by atoms with Crippen molar-refractivity contribution in [1.29, 1.82) is 5.26 Å². The minimum atomic E-state index is -0.541. The molecule has 1 saturated heterocycles. The number of nitrogens with zero attached hydrogens (tertiary/aromatic N) is 4. The molecule has 6 nitrogen and oxygen atoms in total. The number of nitriles is 1. The smallest absolute Gasteiger partial charge is 0.143 e. The Labute approximate surface area is 146 Å². The number of fused-ring (bicyclic) bond motifs is 1. The van der Waals surface area contributed by atoms with E-state index in [1.165, 1.54) is 18.8 Å². The molecular weight excluding hydrogens is 319 g/mol. The van der Waals surface area contributed by atoms with Crippen LogP contribution in [-0.2, 0) is 0 Å². The maximum atomic E-state index is 13.8. The first-order chi connectivity index (χ1) is 12.2. The first-order valence-electron chi connectivity index (χ1n) is 8.73. The number of piperidine rings is 1. The number of benzene rings is 1. The van der Waals surface area contributed by atoms with Gasteiger partial charge in [0.15, 0.2) is 0 Å². The van der Waals surface area contributed by atoms with Crippen LogP contribution < -0.4 is 16.0 Å². The first-order valence-corrected chi connectivity index (χ1v) is 8.73. The van der Waals surface area contributed by atoms with Crippen LogP contribution in [0.2, 0.25) is 0 Å². The normalized spacial score (nSPS) is 17.6. The molecule has 2 heterocycles. The van der Waals surface area contributed by atoms with Gasteiger partial charge in [-0.1, -0.05) is 0 Å². The molecule has 7 heteroatoms. The van der Waals surface area contributed by atoms with Crippen molar-refractivity contribution in [2.75, 3.05) is 37.6 Å². The second kappa shape index (κ2) is 8.19. The Bertz CT molecular complexity index is 772. The van der Waals surface area contributed by atoms with Crippen LogP contribution in [0.15, 0.2) is 18.5 Å². The molecule has 1 atom stereocenters. The Balaban J connectivity index is 1.80. The Morgan fingerprint density at radius 1 is 1.40 bits per heavy atom. The Morgan fingerprint density at radius 2 is 2.28 bits per heavy atom. The number of halogens is 1. The summed E-state index contributed by atoms with van der Waals surface area (Å²) in [5.74, 6) is 0.779. The highest BCUT2D eigenvalue weighted by atomic mass is 19.1. The third kappa shape index (κ3) is 4.03. The molecule has 0 bridgehead atoms. The summed E-state index contributed by atoms with van der Waals surface area (Å²) in [6, 6.07) is 4.77. The van der Waals surface area contributed by atoms with E-state index in [1.807, 2.05) is 6.07 Å². The number of hydrogen-bond donors (Lipinski definition) is 2. The van der Waals surface area contributed by atoms with E-state index in [1.54, 1.807) is 6.07 Å². The van der Waals surface area contributed by atoms with E-state index in [0.29, 0.717) is 18.0 Å². The standard InChI is InChI=1S/C18H23FN6/c19-16-8-17-15(7-14(16)9-21)18(24-12-23-17)25-6-1-3-13(11-25)10-22-5-2-4-20/h7-8,12-13,22H,1-6,10-11,20H2. The second-order valence-corrected chi connectivity index (χ2v) is 6.46. The van der Waals surface area contributed by atoms with Gasteiger partial charge in [-0.15, -0.1) is 0 Å². The molecule has 132 valence electrons. The van der Waals surface area contributed by atoms with Crippen LogP contribution >= 0.6 is 0 Å². The third-order valence-corrected chi connectivity index (χ3v) is 4.63. The van der Waals surface area contributed by atoms with Crippen molar-refractivity contribution in [3.8, 4) is 6.07 Å². The van der Waals surface area contributed by atoms with Crippen LogP contribution in [0.5, 0.6) is 0 Å². The van der Waals surface area contributed by atoms with Gasteiger partial charge < -0.3 is 16.0 Å². The number of anilines is 1. The highest BCUT2D eigenvalue weighted by Crippen LogP contribution is 2.28. The summed E-state index contributed by atoms with van der Waals surface area (Å²) in [6.45, 7) is 4.39. The average Bonchev–Trinajstić information content (AvgIpc) is 2.64. The molecule has 1 aliphatic heterocycles. The van der Waals surface area contributed by atoms with E-state index in [2.05, 4.69) is 20.2 Å². The van der Waals surface area contributed by atoms with Crippen LogP contribution in [0.4, 0.5) is 10.2 Å². The number of aromatic nitrogens is 2. The van der Waals surface area contributed by atoms with Gasteiger partial charge in [0.05, 0.1) is 11.1 Å². The maximum Gasteiger partial charge on any atom is 0.143 e. The summed E-state index contributed by atoms with van der Waals surface area (Å²) in [4.78, 5) is 10.8. The predicted octanol–water partition coefficient (Wildman–Crippen LogP) is 1.80. The van der Waals surface area contributed by atoms with E-state index in [4.69, 9.17) is 11.0 Å². The van der Waals surface area contributed by atoms with Crippen molar-refractivity contribution in [3.63, 3.8) is 0 Å². The predicted molar refractivity (Wildman–Crippen MR) is 95.7 cm³/mol. The highest BCUT2D eigenvalue weighted by Gasteiger charge is 2.22. The van der Waals surface area contributed by atoms with E-state index >= 15 is 0 Å². The van der Waals surface area contributed by atoms with Gasteiger partial charge in [-0.3, -0.25) is 0 Å². The summed E-state index contributed by atoms with van der Waals surface area (Å²) in [7, 11) is 0. The fourth-order valence-corrected chi connectivity index (χ4v) is 3.36. The number of nitrogens with one attached hydrogen (secondary N) is 1. The van der Waals surface area contributed by atoms with Gasteiger partial charge in [0.25, 0.3) is 0 Å². The lowest BCUT2D eigenvalue weighted by atomic mass is 9.97. The fraction of sp³-hybridized carbons (Fsp3) is 0.500. The van der Waals surface area contributed by atoms with E-state index in [9.17, 15) is 4.39 Å². The lowest BCUT2D eigenvalue weighted by Gasteiger charge is -2.34. The van der Waals surface area contributed by atoms with Crippen LogP contribution in [0.25, 0.3) is 10.9 Å². The Kier molecular flexibility index (Phi) is 5.74. The van der Waals surface area contributed by atoms with Crippen LogP contribution in [0.1, 0.15) is 24.8 Å². The molecule has 0 saturated carbocycles. The van der Waals surface area contributed by atoms with Gasteiger partial charge >= 0.3 is 0 Å². The summed E-state index contributed by atoms with van der Waals surface area (Å²) < 4.78 is 13.8. The van der Waals surface area contributed by atoms with Crippen molar-refractivity contribution in [3.05, 3.63) is 29.8 Å². The van der Waals surface area contributed by atoms with Gasteiger partial charge in [0.1, 0.15) is 24.0 Å². The molecule has 0 spiro atoms. The fourth-order valence-electron chi connectivity index (χ4n) is 3.36. The zero-order valence-corrected chi connectivity index (χ0v) is 14.2. The van der Waals surface area contributed by atoms with Crippen LogP contribution in [-0.4, -0.2) is 42.7 Å². The van der Waals surface area contributed by atoms with Crippen molar-refractivity contribution >= 4 is 16.7 Å². The lowest BCUT2D eigenvalue weighted by molar-refractivity contribution is 0.391. The van der Waals surface area contributed by atoms with Gasteiger partial charge in [-0.25, -0.2) is 14.4 Å². The summed E-state index contributed by atoms with van der Waals surface area (Å²) in [6.07, 6.45) is 4.70. The third-order valence-electron chi connectivity index (χ3n) is 4.63. The Morgan fingerprint density at radius 3 is 3.08 bits per heavy atom. The maximum absolute atomic E-state index is 13.8. The minimum Gasteiger partial charge on any atom is -0.356 e. The molecule has 0 aliphatic carbocycles. The molecule has 0 radical (unpaired) electrons. The zero-order chi connectivity index (χ0) is 17.6. The van der Waals surface area contributed by atoms with E-state index in [0.717, 1.165) is 50.2 Å². The molecule has 1 aromatic heterocycles. The molecular formula is C18H23FN6. The van der Waals surface area contributed by atoms with E-state index < -0.39 is 5.82 Å². The topological polar surface area (TPSA) is 90.9 Å². The van der Waals surface area contributed by atoms with Gasteiger partial charge in [-0.2, -0.15) is 5.26 Å². The molecule has 0 amide bonds. The summed E-state index contributed by atoms with van der Waals surface area (Å²) >= 11 is 0. The van der Waals surface area contributed by atoms with Gasteiger partial charge in [0, 0.05) is 24.5 Å². The second-order valence-electron chi connectivity index (χ2n) is 6.46. The monoisotopic (exact) mass is 342 g/mol. The average molecular weight is 342 g/mol. The zero-order valence-electron chi connectivity index (χ0n) is 14.2. The summed E-state index contributed by atoms with van der Waals surface area (Å²) in [5, 5.41) is 13.3. The molecule has 1 unspecified atom stereocenters. The highest BCUT2D eigenvalue weighted by molar-refractivity contribution is 5.90. The number of hydrogen-bond acceptors (Lipinski definition) is 6.